The van der Waals surface area contributed by atoms with Gasteiger partial charge in [0.1, 0.15) is 0 Å². The molecule has 142 valence electrons. The quantitative estimate of drug-likeness (QED) is 0.632. The Hall–Kier alpha value is -3.98. The number of aryl methyl sites for hydroxylation is 1. The van der Waals surface area contributed by atoms with Gasteiger partial charge in [-0.05, 0) is 36.6 Å². The zero-order valence-corrected chi connectivity index (χ0v) is 16.0. The van der Waals surface area contributed by atoms with Gasteiger partial charge in [-0.15, -0.1) is 0 Å². The topological polar surface area (TPSA) is 97.5 Å². The Labute approximate surface area is 169 Å². The maximum Gasteiger partial charge on any atom is 0.227 e. The number of aromatic nitrogens is 2. The first-order valence-electron chi connectivity index (χ1n) is 9.39. The molecule has 1 heterocycles. The lowest BCUT2D eigenvalue weighted by Gasteiger charge is -2.23. The van der Waals surface area contributed by atoms with Gasteiger partial charge in [-0.2, -0.15) is 5.26 Å². The van der Waals surface area contributed by atoms with Crippen molar-refractivity contribution in [2.45, 2.75) is 12.8 Å². The fourth-order valence-corrected chi connectivity index (χ4v) is 3.51. The summed E-state index contributed by atoms with van der Waals surface area (Å²) in [4.78, 5) is 9.20. The van der Waals surface area contributed by atoms with Gasteiger partial charge in [-0.25, -0.2) is 9.97 Å². The fourth-order valence-electron chi connectivity index (χ4n) is 3.51. The summed E-state index contributed by atoms with van der Waals surface area (Å²) in [7, 11) is 1.81. The lowest BCUT2D eigenvalue weighted by Crippen LogP contribution is -2.20. The molecule has 0 spiro atoms. The predicted molar refractivity (Wildman–Crippen MR) is 115 cm³/mol. The molecule has 4 rings (SSSR count). The maximum absolute atomic E-state index is 9.54. The van der Waals surface area contributed by atoms with Crippen LogP contribution in [-0.4, -0.2) is 22.7 Å². The number of hydrogen-bond donors (Lipinski definition) is 3. The van der Waals surface area contributed by atoms with Crippen molar-refractivity contribution in [3.05, 3.63) is 83.2 Å². The van der Waals surface area contributed by atoms with Gasteiger partial charge in [-0.1, -0.05) is 36.4 Å². The minimum atomic E-state index is 0.478. The van der Waals surface area contributed by atoms with Crippen LogP contribution in [0.3, 0.4) is 0 Å². The molecule has 1 aliphatic rings. The molecule has 1 aromatic heterocycles. The third-order valence-corrected chi connectivity index (χ3v) is 4.89. The minimum absolute atomic E-state index is 0.478. The van der Waals surface area contributed by atoms with Crippen LogP contribution in [-0.2, 0) is 6.42 Å². The number of fused-ring (bicyclic) bond motifs is 1. The molecule has 0 saturated heterocycles. The van der Waals surface area contributed by atoms with E-state index in [9.17, 15) is 5.26 Å². The molecule has 0 saturated carbocycles. The van der Waals surface area contributed by atoms with Gasteiger partial charge in [-0.3, -0.25) is 0 Å². The van der Waals surface area contributed by atoms with Crippen LogP contribution in [0.5, 0.6) is 0 Å². The maximum atomic E-state index is 9.54. The number of nitriles is 1. The van der Waals surface area contributed by atoms with E-state index in [0.29, 0.717) is 23.6 Å². The molecular formula is C23H20N6. The SMILES string of the molecule is CN/C(=C1\C(=N)CCc2cnc(Nc3ccccc3)nc21)c1ccccc1C#N. The van der Waals surface area contributed by atoms with Crippen molar-refractivity contribution in [1.29, 1.82) is 10.7 Å². The Morgan fingerprint density at radius 1 is 1.07 bits per heavy atom. The fraction of sp³-hybridized carbons (Fsp3) is 0.130. The van der Waals surface area contributed by atoms with E-state index in [0.717, 1.165) is 40.2 Å². The normalized spacial score (nSPS) is 14.6. The van der Waals surface area contributed by atoms with E-state index in [1.165, 1.54) is 0 Å². The van der Waals surface area contributed by atoms with Crippen LogP contribution < -0.4 is 10.6 Å². The van der Waals surface area contributed by atoms with Gasteiger partial charge in [0.2, 0.25) is 5.95 Å². The Bertz CT molecular complexity index is 1140. The van der Waals surface area contributed by atoms with Crippen molar-refractivity contribution in [1.82, 2.24) is 15.3 Å². The predicted octanol–water partition coefficient (Wildman–Crippen LogP) is 4.15. The number of nitrogens with one attached hydrogen (secondary N) is 3. The number of anilines is 2. The highest BCUT2D eigenvalue weighted by Gasteiger charge is 2.26. The van der Waals surface area contributed by atoms with E-state index >= 15 is 0 Å². The van der Waals surface area contributed by atoms with Crippen LogP contribution in [0.25, 0.3) is 11.3 Å². The monoisotopic (exact) mass is 380 g/mol. The van der Waals surface area contributed by atoms with Crippen LogP contribution in [0.15, 0.2) is 60.8 Å². The Morgan fingerprint density at radius 2 is 1.83 bits per heavy atom. The first-order chi connectivity index (χ1) is 14.2. The number of nitrogens with zero attached hydrogens (tertiary/aromatic N) is 3. The summed E-state index contributed by atoms with van der Waals surface area (Å²) in [6, 6.07) is 19.4. The van der Waals surface area contributed by atoms with Crippen molar-refractivity contribution >= 4 is 28.6 Å². The second-order valence-corrected chi connectivity index (χ2v) is 6.69. The first kappa shape index (κ1) is 18.4. The van der Waals surface area contributed by atoms with Crippen LogP contribution in [0.4, 0.5) is 11.6 Å². The highest BCUT2D eigenvalue weighted by atomic mass is 15.1. The van der Waals surface area contributed by atoms with Gasteiger partial charge in [0.15, 0.2) is 0 Å². The summed E-state index contributed by atoms with van der Waals surface area (Å²) in [6.07, 6.45) is 3.15. The number of hydrogen-bond acceptors (Lipinski definition) is 6. The molecule has 0 atom stereocenters. The standard InChI is InChI=1S/C23H20N6/c1-26-22(18-10-6-5-7-15(18)13-24)20-19(25)12-11-16-14-27-23(29-21(16)20)28-17-8-3-2-4-9-17/h2-10,14,25-26H,11-12H2,1H3,(H,27,28,29)/b22-20+,25-19?. The third-order valence-electron chi connectivity index (χ3n) is 4.89. The molecule has 0 radical (unpaired) electrons. The van der Waals surface area contributed by atoms with Crippen LogP contribution >= 0.6 is 0 Å². The van der Waals surface area contributed by atoms with Crippen molar-refractivity contribution in [3.63, 3.8) is 0 Å². The lowest BCUT2D eigenvalue weighted by molar-refractivity contribution is 0.954. The van der Waals surface area contributed by atoms with E-state index < -0.39 is 0 Å². The highest BCUT2D eigenvalue weighted by molar-refractivity contribution is 6.29. The summed E-state index contributed by atoms with van der Waals surface area (Å²) in [6.45, 7) is 0. The second-order valence-electron chi connectivity index (χ2n) is 6.69. The molecule has 29 heavy (non-hydrogen) atoms. The second kappa shape index (κ2) is 7.95. The van der Waals surface area contributed by atoms with E-state index in [-0.39, 0.29) is 0 Å². The molecule has 0 unspecified atom stereocenters. The largest absolute Gasteiger partial charge is 0.387 e. The Balaban J connectivity index is 1.87. The van der Waals surface area contributed by atoms with Crippen LogP contribution in [0, 0.1) is 16.7 Å². The van der Waals surface area contributed by atoms with Crippen LogP contribution in [0.1, 0.15) is 28.8 Å². The van der Waals surface area contributed by atoms with Gasteiger partial charge in [0.05, 0.1) is 23.0 Å². The van der Waals surface area contributed by atoms with Crippen molar-refractivity contribution in [2.75, 3.05) is 12.4 Å². The van der Waals surface area contributed by atoms with Crippen molar-refractivity contribution in [2.24, 2.45) is 0 Å². The van der Waals surface area contributed by atoms with Crippen LogP contribution in [0.2, 0.25) is 0 Å². The van der Waals surface area contributed by atoms with Crippen molar-refractivity contribution in [3.8, 4) is 6.07 Å². The highest BCUT2D eigenvalue weighted by Crippen LogP contribution is 2.33. The Kier molecular flexibility index (Phi) is 5.04. The van der Waals surface area contributed by atoms with E-state index in [2.05, 4.69) is 21.7 Å². The number of allylic oxidation sites excluding steroid dienone is 1. The van der Waals surface area contributed by atoms with Crippen molar-refractivity contribution < 1.29 is 0 Å². The minimum Gasteiger partial charge on any atom is -0.387 e. The third kappa shape index (κ3) is 3.58. The van der Waals surface area contributed by atoms with E-state index in [1.54, 1.807) is 6.07 Å². The lowest BCUT2D eigenvalue weighted by atomic mass is 9.87. The molecule has 0 aliphatic heterocycles. The van der Waals surface area contributed by atoms with Gasteiger partial charge in [0, 0.05) is 35.8 Å². The number of para-hydroxylation sites is 1. The molecule has 6 heteroatoms. The van der Waals surface area contributed by atoms with Gasteiger partial charge in [0.25, 0.3) is 0 Å². The summed E-state index contributed by atoms with van der Waals surface area (Å²) in [5.74, 6) is 0.478. The molecular weight excluding hydrogens is 360 g/mol. The first-order valence-corrected chi connectivity index (χ1v) is 9.39. The average Bonchev–Trinajstić information content (AvgIpc) is 2.77. The Morgan fingerprint density at radius 3 is 2.59 bits per heavy atom. The smallest absolute Gasteiger partial charge is 0.227 e. The summed E-state index contributed by atoms with van der Waals surface area (Å²) in [5.41, 5.74) is 5.89. The molecule has 0 fully saturated rings. The zero-order chi connectivity index (χ0) is 20.2. The zero-order valence-electron chi connectivity index (χ0n) is 16.0. The molecule has 3 N–H and O–H groups in total. The summed E-state index contributed by atoms with van der Waals surface area (Å²) >= 11 is 0. The molecule has 1 aliphatic carbocycles. The molecule has 0 amide bonds. The van der Waals surface area contributed by atoms with Gasteiger partial charge < -0.3 is 16.0 Å². The summed E-state index contributed by atoms with van der Waals surface area (Å²) in [5, 5.41) is 24.6. The summed E-state index contributed by atoms with van der Waals surface area (Å²) < 4.78 is 0. The molecule has 3 aromatic rings. The van der Waals surface area contributed by atoms with E-state index in [4.69, 9.17) is 10.4 Å². The van der Waals surface area contributed by atoms with Gasteiger partial charge >= 0.3 is 0 Å². The molecule has 2 aromatic carbocycles. The molecule has 0 bridgehead atoms. The number of benzene rings is 2. The molecule has 6 nitrogen and oxygen atoms in total. The van der Waals surface area contributed by atoms with E-state index in [1.807, 2.05) is 61.8 Å². The number of rotatable bonds is 4. The average molecular weight is 380 g/mol.